The average molecular weight is 561 g/mol. The van der Waals surface area contributed by atoms with Crippen molar-refractivity contribution in [1.29, 1.82) is 0 Å². The summed E-state index contributed by atoms with van der Waals surface area (Å²) in [5.41, 5.74) is -2.18. The van der Waals surface area contributed by atoms with E-state index in [0.29, 0.717) is 6.42 Å². The number of allylic oxidation sites excluding steroid dienone is 1. The molecule has 1 unspecified atom stereocenters. The molecular formula is C29H40N2O9. The Morgan fingerprint density at radius 3 is 2.58 bits per heavy atom. The Kier molecular flexibility index (Phi) is 10.7. The molecule has 40 heavy (non-hydrogen) atoms. The van der Waals surface area contributed by atoms with Gasteiger partial charge in [-0.25, -0.2) is 9.59 Å². The van der Waals surface area contributed by atoms with Gasteiger partial charge in [-0.05, 0) is 45.6 Å². The fourth-order valence-electron chi connectivity index (χ4n) is 4.64. The van der Waals surface area contributed by atoms with Gasteiger partial charge in [-0.1, -0.05) is 42.5 Å². The second kappa shape index (κ2) is 13.8. The highest BCUT2D eigenvalue weighted by molar-refractivity contribution is 5.86. The molecule has 2 amide bonds. The third-order valence-corrected chi connectivity index (χ3v) is 6.62. The average Bonchev–Trinajstić information content (AvgIpc) is 2.87. The molecule has 1 saturated carbocycles. The molecule has 1 fully saturated rings. The topological polar surface area (TPSA) is 160 Å². The highest BCUT2D eigenvalue weighted by atomic mass is 16.6. The van der Waals surface area contributed by atoms with Crippen LogP contribution in [0.1, 0.15) is 64.9 Å². The maximum absolute atomic E-state index is 13.4. The molecule has 11 heteroatoms. The minimum absolute atomic E-state index is 0.0528. The van der Waals surface area contributed by atoms with Crippen LogP contribution in [0.3, 0.4) is 0 Å². The molecule has 1 aromatic carbocycles. The van der Waals surface area contributed by atoms with Crippen molar-refractivity contribution in [3.63, 3.8) is 0 Å². The fraction of sp³-hybridized carbons (Fsp3) is 0.586. The number of rotatable bonds is 5. The van der Waals surface area contributed by atoms with Gasteiger partial charge in [-0.2, -0.15) is 0 Å². The molecule has 11 nitrogen and oxygen atoms in total. The van der Waals surface area contributed by atoms with Crippen molar-refractivity contribution in [2.24, 2.45) is 0 Å². The van der Waals surface area contributed by atoms with E-state index in [4.69, 9.17) is 14.2 Å². The van der Waals surface area contributed by atoms with Crippen LogP contribution >= 0.6 is 0 Å². The third-order valence-electron chi connectivity index (χ3n) is 6.62. The summed E-state index contributed by atoms with van der Waals surface area (Å²) < 4.78 is 16.4. The van der Waals surface area contributed by atoms with Crippen molar-refractivity contribution in [2.75, 3.05) is 6.54 Å². The van der Waals surface area contributed by atoms with E-state index in [0.717, 1.165) is 18.4 Å². The van der Waals surface area contributed by atoms with Crippen LogP contribution in [0.4, 0.5) is 4.79 Å². The van der Waals surface area contributed by atoms with Crippen LogP contribution in [0.15, 0.2) is 42.5 Å². The number of hydrogen-bond donors (Lipinski definition) is 4. The predicted octanol–water partition coefficient (Wildman–Crippen LogP) is 2.08. The molecule has 1 aliphatic carbocycles. The Balaban J connectivity index is 1.83. The highest BCUT2D eigenvalue weighted by Gasteiger charge is 2.52. The molecule has 0 radical (unpaired) electrons. The quantitative estimate of drug-likeness (QED) is 0.240. The maximum Gasteiger partial charge on any atom is 0.408 e. The molecule has 2 bridgehead atoms. The number of amides is 2. The normalized spacial score (nSPS) is 27.7. The summed E-state index contributed by atoms with van der Waals surface area (Å²) in [4.78, 5) is 51.3. The first-order valence-electron chi connectivity index (χ1n) is 13.6. The molecule has 0 aromatic heterocycles. The molecule has 4 N–H and O–H groups in total. The summed E-state index contributed by atoms with van der Waals surface area (Å²) in [6, 6.07) is 7.70. The maximum atomic E-state index is 13.4. The number of ether oxygens (including phenoxy) is 3. The summed E-state index contributed by atoms with van der Waals surface area (Å²) in [5.74, 6) is -2.24. The predicted molar refractivity (Wildman–Crippen MR) is 144 cm³/mol. The minimum Gasteiger partial charge on any atom is -0.459 e. The zero-order chi connectivity index (χ0) is 29.3. The van der Waals surface area contributed by atoms with Crippen LogP contribution in [-0.4, -0.2) is 76.3 Å². The van der Waals surface area contributed by atoms with Crippen molar-refractivity contribution < 1.29 is 43.6 Å². The van der Waals surface area contributed by atoms with Crippen molar-refractivity contribution >= 4 is 23.9 Å². The number of alkyl carbamates (subject to hydrolysis) is 1. The summed E-state index contributed by atoms with van der Waals surface area (Å²) in [5, 5.41) is 27.5. The minimum atomic E-state index is -2.08. The standard InChI is InChI=1S/C29H40N2O9/c1-28(2,3)40-27(36)31-20(16-19-12-8-7-9-13-19)25(34)39-22-18-29(37)17-21(24(22)33)38-23(32)14-10-5-4-6-11-15-30-26(29)35/h6-9,11-13,20-22,24,33,37H,4-5,10,14-18H2,1-3H3,(H,30,35)(H,31,36)/b11-6-/t20-,21?,22-,24+,29-/m1/s1. The number of fused-ring (bicyclic) bond motifs is 2. The zero-order valence-corrected chi connectivity index (χ0v) is 23.3. The Morgan fingerprint density at radius 1 is 1.15 bits per heavy atom. The summed E-state index contributed by atoms with van der Waals surface area (Å²) in [7, 11) is 0. The number of carbonyl (C=O) groups is 4. The first-order chi connectivity index (χ1) is 18.9. The van der Waals surface area contributed by atoms with Crippen molar-refractivity contribution in [3.05, 3.63) is 48.0 Å². The van der Waals surface area contributed by atoms with Crippen LogP contribution in [0.25, 0.3) is 0 Å². The van der Waals surface area contributed by atoms with Crippen molar-refractivity contribution in [2.45, 2.75) is 101 Å². The number of benzene rings is 1. The molecule has 1 aromatic rings. The van der Waals surface area contributed by atoms with E-state index in [1.807, 2.05) is 12.1 Å². The van der Waals surface area contributed by atoms with Crippen LogP contribution < -0.4 is 10.6 Å². The molecule has 1 aliphatic heterocycles. The lowest BCUT2D eigenvalue weighted by Gasteiger charge is -2.42. The zero-order valence-electron chi connectivity index (χ0n) is 23.3. The van der Waals surface area contributed by atoms with Crippen LogP contribution in [-0.2, 0) is 35.0 Å². The highest BCUT2D eigenvalue weighted by Crippen LogP contribution is 2.34. The van der Waals surface area contributed by atoms with Gasteiger partial charge in [0, 0.05) is 32.2 Å². The SMILES string of the molecule is CC(C)(C)OC(=O)N[C@H](Cc1ccccc1)C(=O)O[C@@H]1C[C@]2(O)CC(OC(=O)CCCC/C=C\CNC2=O)[C@@H]1O. The van der Waals surface area contributed by atoms with Gasteiger partial charge in [0.25, 0.3) is 5.91 Å². The first kappa shape index (κ1) is 31.1. The number of nitrogens with one attached hydrogen (secondary N) is 2. The molecule has 0 saturated heterocycles. The molecule has 220 valence electrons. The molecule has 2 aliphatic rings. The Morgan fingerprint density at radius 2 is 1.88 bits per heavy atom. The van der Waals surface area contributed by atoms with Gasteiger partial charge in [0.15, 0.2) is 0 Å². The van der Waals surface area contributed by atoms with Crippen molar-refractivity contribution in [1.82, 2.24) is 10.6 Å². The van der Waals surface area contributed by atoms with E-state index in [-0.39, 0.29) is 25.8 Å². The summed E-state index contributed by atoms with van der Waals surface area (Å²) in [6.07, 6.45) is -0.0276. The lowest BCUT2D eigenvalue weighted by Crippen LogP contribution is -2.61. The Hall–Kier alpha value is -3.44. The second-order valence-corrected chi connectivity index (χ2v) is 11.2. The van der Waals surface area contributed by atoms with Gasteiger partial charge in [0.2, 0.25) is 0 Å². The van der Waals surface area contributed by atoms with E-state index in [1.54, 1.807) is 51.1 Å². The monoisotopic (exact) mass is 560 g/mol. The number of aliphatic hydroxyl groups is 2. The van der Waals surface area contributed by atoms with Crippen LogP contribution in [0, 0.1) is 0 Å². The van der Waals surface area contributed by atoms with E-state index in [9.17, 15) is 29.4 Å². The van der Waals surface area contributed by atoms with Gasteiger partial charge < -0.3 is 35.1 Å². The van der Waals surface area contributed by atoms with E-state index < -0.39 is 65.9 Å². The van der Waals surface area contributed by atoms with Gasteiger partial charge in [0.1, 0.15) is 35.6 Å². The van der Waals surface area contributed by atoms with Gasteiger partial charge >= 0.3 is 18.0 Å². The van der Waals surface area contributed by atoms with Gasteiger partial charge in [-0.15, -0.1) is 0 Å². The van der Waals surface area contributed by atoms with Gasteiger partial charge in [-0.3, -0.25) is 9.59 Å². The third kappa shape index (κ3) is 9.34. The summed E-state index contributed by atoms with van der Waals surface area (Å²) >= 11 is 0. The van der Waals surface area contributed by atoms with E-state index in [2.05, 4.69) is 10.6 Å². The molecule has 0 spiro atoms. The molecule has 3 rings (SSSR count). The Labute approximate surface area is 234 Å². The number of aliphatic hydroxyl groups excluding tert-OH is 1. The lowest BCUT2D eigenvalue weighted by molar-refractivity contribution is -0.201. The number of hydrogen-bond acceptors (Lipinski definition) is 9. The first-order valence-corrected chi connectivity index (χ1v) is 13.6. The molecule has 5 atom stereocenters. The second-order valence-electron chi connectivity index (χ2n) is 11.2. The largest absolute Gasteiger partial charge is 0.459 e. The van der Waals surface area contributed by atoms with E-state index >= 15 is 0 Å². The van der Waals surface area contributed by atoms with Crippen LogP contribution in [0.2, 0.25) is 0 Å². The van der Waals surface area contributed by atoms with Gasteiger partial charge in [0.05, 0.1) is 0 Å². The fourth-order valence-corrected chi connectivity index (χ4v) is 4.64. The number of esters is 2. The molecular weight excluding hydrogens is 520 g/mol. The van der Waals surface area contributed by atoms with E-state index in [1.165, 1.54) is 0 Å². The molecule has 1 heterocycles. The number of carbonyl (C=O) groups excluding carboxylic acids is 4. The summed E-state index contributed by atoms with van der Waals surface area (Å²) in [6.45, 7) is 5.22. The van der Waals surface area contributed by atoms with Crippen molar-refractivity contribution in [3.8, 4) is 0 Å². The Bertz CT molecular complexity index is 1070. The van der Waals surface area contributed by atoms with Crippen LogP contribution in [0.5, 0.6) is 0 Å². The lowest BCUT2D eigenvalue weighted by atomic mass is 9.78. The smallest absolute Gasteiger partial charge is 0.408 e.